The summed E-state index contributed by atoms with van der Waals surface area (Å²) in [7, 11) is 15.1. The van der Waals surface area contributed by atoms with Crippen LogP contribution in [0.1, 0.15) is 51.7 Å². The summed E-state index contributed by atoms with van der Waals surface area (Å²) in [6, 6.07) is 27.2. The van der Waals surface area contributed by atoms with Crippen molar-refractivity contribution in [1.29, 1.82) is 0 Å². The quantitative estimate of drug-likeness (QED) is 0.175. The van der Waals surface area contributed by atoms with Crippen LogP contribution in [-0.4, -0.2) is 9.52 Å². The number of benzene rings is 4. The fourth-order valence-electron chi connectivity index (χ4n) is 6.78. The molecule has 4 heteroatoms. The molecule has 0 nitrogen and oxygen atoms in total. The Morgan fingerprint density at radius 3 is 2.32 bits per heavy atom. The van der Waals surface area contributed by atoms with E-state index in [-0.39, 0.29) is 3.63 Å². The molecule has 38 heavy (non-hydrogen) atoms. The van der Waals surface area contributed by atoms with Gasteiger partial charge in [0, 0.05) is 0 Å². The van der Waals surface area contributed by atoms with Gasteiger partial charge in [-0.05, 0) is 0 Å². The second-order valence-electron chi connectivity index (χ2n) is 11.3. The van der Waals surface area contributed by atoms with E-state index in [4.69, 9.17) is 17.0 Å². The molecule has 0 amide bonds. The molecule has 4 aromatic carbocycles. The van der Waals surface area contributed by atoms with Gasteiger partial charge in [0.15, 0.2) is 0 Å². The van der Waals surface area contributed by atoms with Crippen LogP contribution in [0.15, 0.2) is 78.4 Å². The van der Waals surface area contributed by atoms with Crippen molar-refractivity contribution in [3.63, 3.8) is 0 Å². The number of hydrogen-bond acceptors (Lipinski definition) is 0. The molecule has 0 saturated heterocycles. The summed E-state index contributed by atoms with van der Waals surface area (Å²) in [5.74, 6) is 0.430. The molecule has 0 bridgehead atoms. The third-order valence-electron chi connectivity index (χ3n) is 8.71. The second kappa shape index (κ2) is 10.0. The van der Waals surface area contributed by atoms with E-state index < -0.39 is 27.4 Å². The van der Waals surface area contributed by atoms with Crippen molar-refractivity contribution in [2.24, 2.45) is 5.92 Å². The van der Waals surface area contributed by atoms with Crippen molar-refractivity contribution in [2.75, 3.05) is 0 Å². The standard InChI is InChI=1S/C22H25.C12H9Si.2ClH.Zr/c1-6-16(4)19-12-18-8-7-17(5)22(21(18)13-19)20-10-14(2)9-15(3)11-20;1-3-7-11-9(5-1)10-6-2-4-8-12(10)13-11;;;/h7-13,16H,6H2,1-5H3;1-7H,13H2;2*1H;/q;;;;+2/p-2. The number of halogens is 2. The van der Waals surface area contributed by atoms with E-state index in [1.165, 1.54) is 69.3 Å². The fraction of sp³-hybridized carbons (Fsp3) is 0.235. The van der Waals surface area contributed by atoms with E-state index in [1.807, 2.05) is 0 Å². The molecule has 192 valence electrons. The minimum atomic E-state index is -3.98. The zero-order chi connectivity index (χ0) is 26.8. The maximum absolute atomic E-state index is 7.86. The zero-order valence-electron chi connectivity index (χ0n) is 22.8. The average molecular weight is 633 g/mol. The Bertz CT molecular complexity index is 1600. The van der Waals surface area contributed by atoms with E-state index in [0.29, 0.717) is 5.92 Å². The van der Waals surface area contributed by atoms with Crippen LogP contribution in [0.25, 0.3) is 28.3 Å². The van der Waals surface area contributed by atoms with Crippen molar-refractivity contribution in [2.45, 2.75) is 44.7 Å². The van der Waals surface area contributed by atoms with E-state index in [0.717, 1.165) is 6.42 Å². The summed E-state index contributed by atoms with van der Waals surface area (Å²) < 4.78 is 1.43. The van der Waals surface area contributed by atoms with Gasteiger partial charge in [-0.3, -0.25) is 0 Å². The summed E-state index contributed by atoms with van der Waals surface area (Å²) in [6.45, 7) is 11.3. The first-order chi connectivity index (χ1) is 18.2. The number of rotatable bonds is 5. The van der Waals surface area contributed by atoms with E-state index in [2.05, 4.69) is 113 Å². The van der Waals surface area contributed by atoms with Crippen LogP contribution in [-0.2, 0) is 17.9 Å². The molecule has 4 aromatic rings. The molecule has 0 saturated carbocycles. The Kier molecular flexibility index (Phi) is 7.01. The normalized spacial score (nSPS) is 17.2. The van der Waals surface area contributed by atoms with Crippen molar-refractivity contribution in [3.8, 4) is 22.3 Å². The maximum atomic E-state index is 7.86. The molecule has 0 N–H and O–H groups in total. The van der Waals surface area contributed by atoms with Gasteiger partial charge in [-0.1, -0.05) is 0 Å². The average Bonchev–Trinajstić information content (AvgIpc) is 3.46. The van der Waals surface area contributed by atoms with Crippen LogP contribution in [0.3, 0.4) is 0 Å². The first-order valence-electron chi connectivity index (χ1n) is 13.7. The molecule has 2 aliphatic rings. The van der Waals surface area contributed by atoms with Gasteiger partial charge in [0.05, 0.1) is 0 Å². The van der Waals surface area contributed by atoms with Gasteiger partial charge in [-0.15, -0.1) is 0 Å². The van der Waals surface area contributed by atoms with Gasteiger partial charge in [0.25, 0.3) is 0 Å². The molecule has 1 aliphatic carbocycles. The minimum absolute atomic E-state index is 0.118. The molecule has 1 heterocycles. The molecule has 0 radical (unpaired) electrons. The summed E-state index contributed by atoms with van der Waals surface area (Å²) in [5.41, 5.74) is 13.4. The van der Waals surface area contributed by atoms with Crippen LogP contribution < -0.4 is 13.6 Å². The molecule has 1 aliphatic heterocycles. The van der Waals surface area contributed by atoms with Crippen molar-refractivity contribution in [1.82, 2.24) is 0 Å². The number of aryl methyl sites for hydroxylation is 3. The number of hydrogen-bond donors (Lipinski definition) is 0. The van der Waals surface area contributed by atoms with Gasteiger partial charge in [0.1, 0.15) is 0 Å². The van der Waals surface area contributed by atoms with Gasteiger partial charge in [-0.25, -0.2) is 0 Å². The van der Waals surface area contributed by atoms with E-state index in [9.17, 15) is 0 Å². The van der Waals surface area contributed by atoms with Crippen LogP contribution in [0.2, 0.25) is 0 Å². The number of fused-ring (bicyclic) bond motifs is 4. The Morgan fingerprint density at radius 1 is 0.868 bits per heavy atom. The van der Waals surface area contributed by atoms with Crippen LogP contribution in [0, 0.1) is 26.7 Å². The topological polar surface area (TPSA) is 0 Å². The summed E-state index contributed by atoms with van der Waals surface area (Å²) in [5, 5.41) is 3.01. The third kappa shape index (κ3) is 4.28. The van der Waals surface area contributed by atoms with Crippen LogP contribution in [0.5, 0.6) is 0 Å². The van der Waals surface area contributed by atoms with Gasteiger partial charge in [0.2, 0.25) is 0 Å². The number of allylic oxidation sites excluding steroid dienone is 1. The van der Waals surface area contributed by atoms with Gasteiger partial charge < -0.3 is 0 Å². The molecule has 0 spiro atoms. The van der Waals surface area contributed by atoms with Gasteiger partial charge in [-0.2, -0.15) is 0 Å². The summed E-state index contributed by atoms with van der Waals surface area (Å²) in [6.07, 6.45) is 3.55. The van der Waals surface area contributed by atoms with Crippen LogP contribution in [0.4, 0.5) is 0 Å². The third-order valence-corrected chi connectivity index (χ3v) is 23.0. The summed E-state index contributed by atoms with van der Waals surface area (Å²) in [4.78, 5) is 0. The van der Waals surface area contributed by atoms with Gasteiger partial charge >= 0.3 is 243 Å². The fourth-order valence-corrected chi connectivity index (χ4v) is 23.7. The predicted molar refractivity (Wildman–Crippen MR) is 167 cm³/mol. The molecule has 2 atom stereocenters. The Balaban J connectivity index is 1.55. The van der Waals surface area contributed by atoms with E-state index >= 15 is 0 Å². The Hall–Kier alpha value is -1.70. The molecule has 2 unspecified atom stereocenters. The molecule has 0 aromatic heterocycles. The van der Waals surface area contributed by atoms with E-state index in [1.54, 1.807) is 0 Å². The second-order valence-corrected chi connectivity index (χ2v) is 27.1. The molecule has 6 rings (SSSR count). The molecule has 0 fully saturated rings. The first-order valence-corrected chi connectivity index (χ1v) is 24.1. The SMILES string of the molecule is CCC(C)C1=Cc2c(ccc(C)c2-c2cc(C)cc(C)c2)[CH]1[Zr]([Cl])([Cl])[c]1cccc2c1[SiH2]c1ccccc1-2. The van der Waals surface area contributed by atoms with Crippen molar-refractivity contribution < 1.29 is 17.9 Å². The predicted octanol–water partition coefficient (Wildman–Crippen LogP) is 7.65. The van der Waals surface area contributed by atoms with Crippen LogP contribution >= 0.6 is 17.0 Å². The molecular formula is C34H34Cl2SiZr. The molecular weight excluding hydrogens is 599 g/mol. The van der Waals surface area contributed by atoms with Crippen molar-refractivity contribution >= 4 is 46.3 Å². The zero-order valence-corrected chi connectivity index (χ0v) is 28.2. The monoisotopic (exact) mass is 630 g/mol. The first kappa shape index (κ1) is 26.5. The Morgan fingerprint density at radius 2 is 1.58 bits per heavy atom. The summed E-state index contributed by atoms with van der Waals surface area (Å²) >= 11 is -3.98. The van der Waals surface area contributed by atoms with Crippen molar-refractivity contribution in [3.05, 3.63) is 106 Å². The Labute approximate surface area is 241 Å².